The van der Waals surface area contributed by atoms with Crippen molar-refractivity contribution < 1.29 is 4.39 Å². The van der Waals surface area contributed by atoms with Crippen LogP contribution in [0.4, 0.5) is 4.39 Å². The molecule has 0 aliphatic rings. The molecule has 23 heavy (non-hydrogen) atoms. The zero-order valence-electron chi connectivity index (χ0n) is 13.1. The van der Waals surface area contributed by atoms with E-state index in [9.17, 15) is 4.39 Å². The van der Waals surface area contributed by atoms with E-state index in [0.29, 0.717) is 5.75 Å². The molecule has 0 bridgehead atoms. The Morgan fingerprint density at radius 3 is 2.48 bits per heavy atom. The molecule has 1 heterocycles. The van der Waals surface area contributed by atoms with Crippen molar-refractivity contribution >= 4 is 11.8 Å². The second-order valence-corrected chi connectivity index (χ2v) is 6.47. The summed E-state index contributed by atoms with van der Waals surface area (Å²) < 4.78 is 13.2. The predicted octanol–water partition coefficient (Wildman–Crippen LogP) is 5.19. The molecule has 0 aliphatic carbocycles. The number of halogens is 1. The molecule has 1 aromatic heterocycles. The van der Waals surface area contributed by atoms with Crippen LogP contribution in [0, 0.1) is 19.7 Å². The second-order valence-electron chi connectivity index (χ2n) is 5.47. The molecule has 0 amide bonds. The van der Waals surface area contributed by atoms with Gasteiger partial charge < -0.3 is 0 Å². The van der Waals surface area contributed by atoms with E-state index >= 15 is 0 Å². The van der Waals surface area contributed by atoms with E-state index in [2.05, 4.69) is 42.2 Å². The Balaban J connectivity index is 1.70. The Kier molecular flexibility index (Phi) is 4.72. The van der Waals surface area contributed by atoms with Crippen LogP contribution in [0.15, 0.2) is 59.6 Å². The van der Waals surface area contributed by atoms with Gasteiger partial charge in [0.2, 0.25) is 0 Å². The number of nitrogens with zero attached hydrogens (tertiary/aromatic N) is 2. The summed E-state index contributed by atoms with van der Waals surface area (Å²) in [6, 6.07) is 16.8. The molecule has 116 valence electrons. The Morgan fingerprint density at radius 2 is 1.78 bits per heavy atom. The lowest BCUT2D eigenvalue weighted by molar-refractivity contribution is 0.626. The zero-order chi connectivity index (χ0) is 16.2. The van der Waals surface area contributed by atoms with Crippen molar-refractivity contribution in [2.75, 3.05) is 0 Å². The molecule has 0 aliphatic heterocycles. The number of hydrogen-bond donors (Lipinski definition) is 0. The molecular weight excluding hydrogens is 307 g/mol. The van der Waals surface area contributed by atoms with Crippen molar-refractivity contribution in [3.8, 4) is 11.3 Å². The summed E-state index contributed by atoms with van der Waals surface area (Å²) in [4.78, 5) is 0. The fourth-order valence-electron chi connectivity index (χ4n) is 2.24. The van der Waals surface area contributed by atoms with Crippen LogP contribution in [0.2, 0.25) is 0 Å². The van der Waals surface area contributed by atoms with Crippen molar-refractivity contribution in [3.05, 3.63) is 77.1 Å². The third-order valence-electron chi connectivity index (χ3n) is 3.72. The highest BCUT2D eigenvalue weighted by Crippen LogP contribution is 2.24. The highest BCUT2D eigenvalue weighted by molar-refractivity contribution is 7.98. The van der Waals surface area contributed by atoms with E-state index in [0.717, 1.165) is 21.8 Å². The lowest BCUT2D eigenvalue weighted by Gasteiger charge is -2.05. The molecule has 0 saturated carbocycles. The third-order valence-corrected chi connectivity index (χ3v) is 4.71. The van der Waals surface area contributed by atoms with Gasteiger partial charge in [-0.1, -0.05) is 36.0 Å². The predicted molar refractivity (Wildman–Crippen MR) is 92.9 cm³/mol. The summed E-state index contributed by atoms with van der Waals surface area (Å²) in [6.07, 6.45) is 0. The van der Waals surface area contributed by atoms with E-state index < -0.39 is 0 Å². The Bertz CT molecular complexity index is 816. The first-order chi connectivity index (χ1) is 11.1. The van der Waals surface area contributed by atoms with Crippen LogP contribution >= 0.6 is 11.8 Å². The summed E-state index contributed by atoms with van der Waals surface area (Å²) >= 11 is 1.55. The first-order valence-electron chi connectivity index (χ1n) is 7.40. The average Bonchev–Trinajstić information content (AvgIpc) is 2.56. The number of hydrogen-bond acceptors (Lipinski definition) is 3. The Morgan fingerprint density at radius 1 is 0.913 bits per heavy atom. The highest BCUT2D eigenvalue weighted by Gasteiger charge is 2.04. The van der Waals surface area contributed by atoms with Crippen molar-refractivity contribution in [2.45, 2.75) is 24.6 Å². The second kappa shape index (κ2) is 6.92. The number of thioether (sulfide) groups is 1. The van der Waals surface area contributed by atoms with E-state index in [4.69, 9.17) is 0 Å². The molecule has 3 aromatic rings. The van der Waals surface area contributed by atoms with Gasteiger partial charge in [0.05, 0.1) is 5.69 Å². The van der Waals surface area contributed by atoms with Gasteiger partial charge in [0, 0.05) is 11.3 Å². The largest absolute Gasteiger partial charge is 0.207 e. The summed E-state index contributed by atoms with van der Waals surface area (Å²) in [5.74, 6) is 0.467. The minimum Gasteiger partial charge on any atom is -0.207 e. The van der Waals surface area contributed by atoms with Gasteiger partial charge in [-0.05, 0) is 60.9 Å². The molecule has 4 heteroatoms. The molecule has 0 atom stereocenters. The molecule has 2 nitrogen and oxygen atoms in total. The van der Waals surface area contributed by atoms with Crippen LogP contribution in [0.25, 0.3) is 11.3 Å². The Labute approximate surface area is 139 Å². The molecule has 0 N–H and O–H groups in total. The monoisotopic (exact) mass is 324 g/mol. The van der Waals surface area contributed by atoms with Gasteiger partial charge >= 0.3 is 0 Å². The lowest BCUT2D eigenvalue weighted by Crippen LogP contribution is -1.91. The van der Waals surface area contributed by atoms with Gasteiger partial charge in [-0.2, -0.15) is 0 Å². The van der Waals surface area contributed by atoms with E-state index in [-0.39, 0.29) is 5.82 Å². The summed E-state index contributed by atoms with van der Waals surface area (Å²) in [5.41, 5.74) is 5.39. The van der Waals surface area contributed by atoms with Crippen molar-refractivity contribution in [3.63, 3.8) is 0 Å². The fourth-order valence-corrected chi connectivity index (χ4v) is 2.99. The Hall–Kier alpha value is -2.20. The maximum atomic E-state index is 13.2. The van der Waals surface area contributed by atoms with Gasteiger partial charge in [-0.25, -0.2) is 4.39 Å². The van der Waals surface area contributed by atoms with Gasteiger partial charge in [-0.3, -0.25) is 0 Å². The number of rotatable bonds is 4. The van der Waals surface area contributed by atoms with Gasteiger partial charge in [0.25, 0.3) is 0 Å². The summed E-state index contributed by atoms with van der Waals surface area (Å²) in [5, 5.41) is 9.40. The molecule has 2 aromatic carbocycles. The molecule has 0 spiro atoms. The molecular formula is C19H17FN2S. The van der Waals surface area contributed by atoms with E-state index in [1.165, 1.54) is 17.2 Å². The van der Waals surface area contributed by atoms with E-state index in [1.54, 1.807) is 23.9 Å². The van der Waals surface area contributed by atoms with Crippen molar-refractivity contribution in [1.29, 1.82) is 0 Å². The molecule has 0 fully saturated rings. The van der Waals surface area contributed by atoms with Gasteiger partial charge in [0.15, 0.2) is 0 Å². The standard InChI is InChI=1S/C19H17FN2S/c1-13-6-7-16(10-14(13)2)18-8-9-19(22-21-18)23-12-15-4-3-5-17(20)11-15/h3-11H,12H2,1-2H3. The van der Waals surface area contributed by atoms with E-state index in [1.807, 2.05) is 18.2 Å². The minimum atomic E-state index is -0.209. The first kappa shape index (κ1) is 15.7. The van der Waals surface area contributed by atoms with Crippen LogP contribution in [0.5, 0.6) is 0 Å². The third kappa shape index (κ3) is 3.96. The molecule has 3 rings (SSSR count). The average molecular weight is 324 g/mol. The van der Waals surface area contributed by atoms with Crippen LogP contribution in [-0.4, -0.2) is 10.2 Å². The zero-order valence-corrected chi connectivity index (χ0v) is 13.9. The van der Waals surface area contributed by atoms with Gasteiger partial charge in [-0.15, -0.1) is 10.2 Å². The maximum absolute atomic E-state index is 13.2. The fraction of sp³-hybridized carbons (Fsp3) is 0.158. The summed E-state index contributed by atoms with van der Waals surface area (Å²) in [6.45, 7) is 4.19. The minimum absolute atomic E-state index is 0.209. The van der Waals surface area contributed by atoms with Crippen LogP contribution in [0.1, 0.15) is 16.7 Å². The normalized spacial score (nSPS) is 10.7. The van der Waals surface area contributed by atoms with Crippen LogP contribution in [0.3, 0.4) is 0 Å². The smallest absolute Gasteiger partial charge is 0.123 e. The molecule has 0 radical (unpaired) electrons. The summed E-state index contributed by atoms with van der Waals surface area (Å²) in [7, 11) is 0. The number of aromatic nitrogens is 2. The number of benzene rings is 2. The topological polar surface area (TPSA) is 25.8 Å². The van der Waals surface area contributed by atoms with Crippen LogP contribution in [-0.2, 0) is 5.75 Å². The first-order valence-corrected chi connectivity index (χ1v) is 8.39. The lowest BCUT2D eigenvalue weighted by atomic mass is 10.0. The number of aryl methyl sites for hydroxylation is 2. The van der Waals surface area contributed by atoms with Crippen molar-refractivity contribution in [2.24, 2.45) is 0 Å². The van der Waals surface area contributed by atoms with Crippen LogP contribution < -0.4 is 0 Å². The maximum Gasteiger partial charge on any atom is 0.123 e. The highest BCUT2D eigenvalue weighted by atomic mass is 32.2. The van der Waals surface area contributed by atoms with Crippen molar-refractivity contribution in [1.82, 2.24) is 10.2 Å². The molecule has 0 unspecified atom stereocenters. The quantitative estimate of drug-likeness (QED) is 0.618. The van der Waals surface area contributed by atoms with Gasteiger partial charge in [0.1, 0.15) is 10.8 Å². The SMILES string of the molecule is Cc1ccc(-c2ccc(SCc3cccc(F)c3)nn2)cc1C. The molecule has 0 saturated heterocycles.